The van der Waals surface area contributed by atoms with E-state index < -0.39 is 0 Å². The smallest absolute Gasteiger partial charge is 0.221 e. The van der Waals surface area contributed by atoms with E-state index in [-0.39, 0.29) is 6.10 Å². The number of hydrogen-bond acceptors (Lipinski definition) is 3. The number of benzene rings is 1. The third kappa shape index (κ3) is 3.46. The van der Waals surface area contributed by atoms with Crippen molar-refractivity contribution in [2.24, 2.45) is 4.99 Å². The number of nitrogens with zero attached hydrogens (tertiary/aromatic N) is 2. The summed E-state index contributed by atoms with van der Waals surface area (Å²) in [6, 6.07) is 9.23. The van der Waals surface area contributed by atoms with Gasteiger partial charge >= 0.3 is 0 Å². The molecule has 0 radical (unpaired) electrons. The van der Waals surface area contributed by atoms with E-state index in [4.69, 9.17) is 4.74 Å². The fraction of sp³-hybridized carbons (Fsp3) is 0.476. The van der Waals surface area contributed by atoms with Gasteiger partial charge in [0.05, 0.1) is 0 Å². The van der Waals surface area contributed by atoms with Crippen molar-refractivity contribution in [3.05, 3.63) is 53.7 Å². The Morgan fingerprint density at radius 2 is 1.92 bits per heavy atom. The van der Waals surface area contributed by atoms with E-state index >= 15 is 0 Å². The Morgan fingerprint density at radius 1 is 1.21 bits per heavy atom. The van der Waals surface area contributed by atoms with Gasteiger partial charge in [0.1, 0.15) is 6.10 Å². The molecule has 0 aliphatic heterocycles. The molecular weight excluding hydrogens is 296 g/mol. The fourth-order valence-electron chi connectivity index (χ4n) is 3.89. The quantitative estimate of drug-likeness (QED) is 0.604. The first-order valence-electron chi connectivity index (χ1n) is 8.90. The van der Waals surface area contributed by atoms with Gasteiger partial charge in [-0.3, -0.25) is 0 Å². The van der Waals surface area contributed by atoms with Gasteiger partial charge < -0.3 is 9.64 Å². The van der Waals surface area contributed by atoms with Crippen molar-refractivity contribution in [1.29, 1.82) is 0 Å². The first-order valence-corrected chi connectivity index (χ1v) is 8.90. The normalized spacial score (nSPS) is 24.2. The molecule has 0 saturated heterocycles. The molecule has 0 unspecified atom stereocenters. The van der Waals surface area contributed by atoms with E-state index in [0.29, 0.717) is 6.04 Å². The Kier molecular flexibility index (Phi) is 5.20. The van der Waals surface area contributed by atoms with Crippen LogP contribution in [0, 0.1) is 0 Å². The van der Waals surface area contributed by atoms with Crippen LogP contribution in [0.1, 0.15) is 43.7 Å². The van der Waals surface area contributed by atoms with Crippen LogP contribution in [0.5, 0.6) is 0 Å². The van der Waals surface area contributed by atoms with Crippen molar-refractivity contribution < 1.29 is 4.74 Å². The van der Waals surface area contributed by atoms with E-state index in [1.807, 2.05) is 0 Å². The van der Waals surface area contributed by atoms with E-state index in [2.05, 4.69) is 61.8 Å². The zero-order valence-corrected chi connectivity index (χ0v) is 15.1. The second-order valence-corrected chi connectivity index (χ2v) is 7.12. The summed E-state index contributed by atoms with van der Waals surface area (Å²) >= 11 is 0. The van der Waals surface area contributed by atoms with Crippen molar-refractivity contribution in [2.75, 3.05) is 14.1 Å². The first-order chi connectivity index (χ1) is 11.6. The standard InChI is InChI=1S/C21H28N2O/c1-5-22-21(24-18-12-10-17(11-13-18)23(3)4)20-15(2)14-16-8-6-7-9-19(16)20/h5-9,17-18H,1,10-14H2,2-4H3. The maximum atomic E-state index is 6.37. The predicted octanol–water partition coefficient (Wildman–Crippen LogP) is 4.45. The molecule has 3 rings (SSSR count). The molecule has 24 heavy (non-hydrogen) atoms. The van der Waals surface area contributed by atoms with Crippen molar-refractivity contribution in [1.82, 2.24) is 4.90 Å². The second-order valence-electron chi connectivity index (χ2n) is 7.12. The topological polar surface area (TPSA) is 24.8 Å². The molecule has 2 aliphatic rings. The summed E-state index contributed by atoms with van der Waals surface area (Å²) in [4.78, 5) is 6.82. The average molecular weight is 324 g/mol. The lowest BCUT2D eigenvalue weighted by atomic mass is 9.92. The highest BCUT2D eigenvalue weighted by molar-refractivity contribution is 6.22. The maximum absolute atomic E-state index is 6.37. The van der Waals surface area contributed by atoms with Gasteiger partial charge in [0.15, 0.2) is 0 Å². The molecule has 1 aromatic carbocycles. The van der Waals surface area contributed by atoms with Crippen LogP contribution in [0.4, 0.5) is 0 Å². The van der Waals surface area contributed by atoms with Gasteiger partial charge in [-0.2, -0.15) is 0 Å². The number of aliphatic imine (C=N–C) groups is 1. The third-order valence-corrected chi connectivity index (χ3v) is 5.24. The summed E-state index contributed by atoms with van der Waals surface area (Å²) in [6.45, 7) is 5.97. The molecule has 0 bridgehead atoms. The van der Waals surface area contributed by atoms with E-state index in [9.17, 15) is 0 Å². The molecular formula is C21H28N2O. The van der Waals surface area contributed by atoms with E-state index in [1.54, 1.807) is 6.20 Å². The average Bonchev–Trinajstić information content (AvgIpc) is 2.90. The van der Waals surface area contributed by atoms with Gasteiger partial charge in [0.2, 0.25) is 5.90 Å². The van der Waals surface area contributed by atoms with Gasteiger partial charge in [0.25, 0.3) is 0 Å². The molecule has 1 aromatic rings. The van der Waals surface area contributed by atoms with Gasteiger partial charge in [-0.1, -0.05) is 36.4 Å². The van der Waals surface area contributed by atoms with Crippen LogP contribution in [-0.2, 0) is 11.2 Å². The van der Waals surface area contributed by atoms with Crippen LogP contribution in [-0.4, -0.2) is 37.0 Å². The highest BCUT2D eigenvalue weighted by Crippen LogP contribution is 2.35. The second kappa shape index (κ2) is 7.35. The minimum atomic E-state index is 0.257. The molecule has 1 saturated carbocycles. The van der Waals surface area contributed by atoms with Crippen LogP contribution in [0.2, 0.25) is 0 Å². The number of allylic oxidation sites excluding steroid dienone is 1. The Bertz CT molecular complexity index is 664. The summed E-state index contributed by atoms with van der Waals surface area (Å²) in [5.41, 5.74) is 5.12. The summed E-state index contributed by atoms with van der Waals surface area (Å²) < 4.78 is 6.37. The Labute approximate surface area is 145 Å². The molecule has 2 aliphatic carbocycles. The molecule has 3 nitrogen and oxygen atoms in total. The van der Waals surface area contributed by atoms with Gasteiger partial charge in [-0.25, -0.2) is 4.99 Å². The van der Waals surface area contributed by atoms with Crippen LogP contribution in [0.15, 0.2) is 47.6 Å². The molecule has 3 heteroatoms. The van der Waals surface area contributed by atoms with E-state index in [0.717, 1.165) is 25.2 Å². The molecule has 1 fully saturated rings. The third-order valence-electron chi connectivity index (χ3n) is 5.24. The molecule has 0 atom stereocenters. The van der Waals surface area contributed by atoms with Gasteiger partial charge in [-0.05, 0) is 64.3 Å². The monoisotopic (exact) mass is 324 g/mol. The predicted molar refractivity (Wildman–Crippen MR) is 101 cm³/mol. The molecule has 0 amide bonds. The number of rotatable bonds is 4. The lowest BCUT2D eigenvalue weighted by molar-refractivity contribution is 0.104. The Hall–Kier alpha value is -1.87. The van der Waals surface area contributed by atoms with Crippen LogP contribution in [0.3, 0.4) is 0 Å². The van der Waals surface area contributed by atoms with E-state index in [1.165, 1.54) is 35.1 Å². The van der Waals surface area contributed by atoms with Crippen LogP contribution < -0.4 is 0 Å². The zero-order valence-electron chi connectivity index (χ0n) is 15.1. The van der Waals surface area contributed by atoms with Gasteiger partial charge in [0, 0.05) is 17.8 Å². The maximum Gasteiger partial charge on any atom is 0.221 e. The Balaban J connectivity index is 1.77. The highest BCUT2D eigenvalue weighted by atomic mass is 16.5. The van der Waals surface area contributed by atoms with Crippen molar-refractivity contribution >= 4 is 11.5 Å². The van der Waals surface area contributed by atoms with Crippen LogP contribution in [0.25, 0.3) is 5.57 Å². The molecule has 0 heterocycles. The zero-order chi connectivity index (χ0) is 17.1. The highest BCUT2D eigenvalue weighted by Gasteiger charge is 2.28. The minimum Gasteiger partial charge on any atom is -0.474 e. The largest absolute Gasteiger partial charge is 0.474 e. The summed E-state index contributed by atoms with van der Waals surface area (Å²) in [5, 5.41) is 0. The summed E-state index contributed by atoms with van der Waals surface area (Å²) in [6.07, 6.45) is 7.40. The van der Waals surface area contributed by atoms with Crippen molar-refractivity contribution in [3.63, 3.8) is 0 Å². The molecule has 0 aromatic heterocycles. The van der Waals surface area contributed by atoms with Gasteiger partial charge in [-0.15, -0.1) is 0 Å². The molecule has 128 valence electrons. The molecule has 0 spiro atoms. The van der Waals surface area contributed by atoms with Crippen molar-refractivity contribution in [2.45, 2.75) is 51.2 Å². The lowest BCUT2D eigenvalue weighted by Crippen LogP contribution is -2.35. The number of ether oxygens (including phenoxy) is 1. The lowest BCUT2D eigenvalue weighted by Gasteiger charge is -2.33. The van der Waals surface area contributed by atoms with Crippen molar-refractivity contribution in [3.8, 4) is 0 Å². The molecule has 0 N–H and O–H groups in total. The number of fused-ring (bicyclic) bond motifs is 1. The summed E-state index contributed by atoms with van der Waals surface area (Å²) in [7, 11) is 4.33. The minimum absolute atomic E-state index is 0.257. The van der Waals surface area contributed by atoms with Crippen LogP contribution >= 0.6 is 0 Å². The SMILES string of the molecule is C=CN=C(OC1CCC(N(C)C)CC1)C1=C(C)Cc2ccccc21. The summed E-state index contributed by atoms with van der Waals surface area (Å²) in [5.74, 6) is 0.751. The number of hydrogen-bond donors (Lipinski definition) is 0. The first kappa shape index (κ1) is 17.0. The fourth-order valence-corrected chi connectivity index (χ4v) is 3.89. The Morgan fingerprint density at radius 3 is 2.58 bits per heavy atom.